The molecule has 2 aliphatic heterocycles. The van der Waals surface area contributed by atoms with Gasteiger partial charge in [-0.05, 0) is 48.6 Å². The van der Waals surface area contributed by atoms with Gasteiger partial charge in [-0.1, -0.05) is 30.3 Å². The number of anilines is 1. The standard InChI is InChI=1S/C23H27N3O2.2ClH/c1-26-20-10-15(21(28-2)12-17(20)16-11-18(16)23(26)27)13-25-19-8-9-24-22(19)14-6-4-3-5-7-14;;/h3-7,10,12,16,18-19,22,24-25H,8-9,11,13H2,1-2H3;2*1H/t16-,18-,19?,22?;;/m0../s1. The van der Waals surface area contributed by atoms with E-state index >= 15 is 0 Å². The summed E-state index contributed by atoms with van der Waals surface area (Å²) in [7, 11) is 3.63. The number of hydrogen-bond acceptors (Lipinski definition) is 4. The Morgan fingerprint density at radius 2 is 1.93 bits per heavy atom. The first-order valence-corrected chi connectivity index (χ1v) is 10.2. The van der Waals surface area contributed by atoms with Crippen LogP contribution in [0, 0.1) is 5.92 Å². The van der Waals surface area contributed by atoms with Gasteiger partial charge in [0, 0.05) is 42.8 Å². The number of fused-ring (bicyclic) bond motifs is 3. The van der Waals surface area contributed by atoms with Gasteiger partial charge >= 0.3 is 0 Å². The summed E-state index contributed by atoms with van der Waals surface area (Å²) in [5.41, 5.74) is 4.74. The molecule has 2 heterocycles. The highest BCUT2D eigenvalue weighted by Gasteiger charge is 2.50. The van der Waals surface area contributed by atoms with E-state index in [0.29, 0.717) is 18.0 Å². The molecular formula is C23H29Cl2N3O2. The van der Waals surface area contributed by atoms with Gasteiger partial charge in [0.25, 0.3) is 0 Å². The molecule has 1 saturated heterocycles. The molecule has 5 nitrogen and oxygen atoms in total. The van der Waals surface area contributed by atoms with Crippen molar-refractivity contribution in [2.75, 3.05) is 25.6 Å². The lowest BCUT2D eigenvalue weighted by Gasteiger charge is -2.27. The molecule has 2 aromatic carbocycles. The SMILES string of the molecule is COc1cc2c(cc1CNC1CCNC1c1ccccc1)N(C)C(=O)[C@H]1C[C@@H]21.Cl.Cl. The van der Waals surface area contributed by atoms with Crippen LogP contribution in [-0.2, 0) is 11.3 Å². The Labute approximate surface area is 190 Å². The van der Waals surface area contributed by atoms with E-state index in [9.17, 15) is 4.79 Å². The van der Waals surface area contributed by atoms with Crippen LogP contribution in [0.3, 0.4) is 0 Å². The molecule has 0 spiro atoms. The maximum Gasteiger partial charge on any atom is 0.230 e. The smallest absolute Gasteiger partial charge is 0.230 e. The molecule has 5 rings (SSSR count). The first-order valence-electron chi connectivity index (χ1n) is 10.2. The molecule has 0 radical (unpaired) electrons. The summed E-state index contributed by atoms with van der Waals surface area (Å²) < 4.78 is 5.71. The summed E-state index contributed by atoms with van der Waals surface area (Å²) in [5, 5.41) is 7.35. The van der Waals surface area contributed by atoms with Crippen LogP contribution in [-0.4, -0.2) is 32.7 Å². The molecule has 2 N–H and O–H groups in total. The zero-order valence-corrected chi connectivity index (χ0v) is 18.9. The Bertz CT molecular complexity index is 909. The number of halogens is 2. The van der Waals surface area contributed by atoms with Crippen LogP contribution in [0.4, 0.5) is 5.69 Å². The fourth-order valence-corrected chi connectivity index (χ4v) is 4.90. The highest BCUT2D eigenvalue weighted by atomic mass is 35.5. The number of carbonyl (C=O) groups excluding carboxylic acids is 1. The maximum absolute atomic E-state index is 12.4. The second-order valence-electron chi connectivity index (χ2n) is 8.19. The number of nitrogens with zero attached hydrogens (tertiary/aromatic N) is 1. The van der Waals surface area contributed by atoms with Gasteiger partial charge in [-0.2, -0.15) is 0 Å². The third-order valence-corrected chi connectivity index (χ3v) is 6.56. The van der Waals surface area contributed by atoms with Crippen LogP contribution in [0.1, 0.15) is 41.5 Å². The summed E-state index contributed by atoms with van der Waals surface area (Å²) >= 11 is 0. The predicted molar refractivity (Wildman–Crippen MR) is 124 cm³/mol. The molecule has 7 heteroatoms. The van der Waals surface area contributed by atoms with Crippen molar-refractivity contribution < 1.29 is 9.53 Å². The molecule has 30 heavy (non-hydrogen) atoms. The van der Waals surface area contributed by atoms with Gasteiger partial charge in [0.05, 0.1) is 7.11 Å². The second kappa shape index (κ2) is 9.15. The van der Waals surface area contributed by atoms with E-state index in [2.05, 4.69) is 53.1 Å². The van der Waals surface area contributed by atoms with Crippen molar-refractivity contribution in [1.82, 2.24) is 10.6 Å². The lowest BCUT2D eigenvalue weighted by atomic mass is 9.97. The minimum atomic E-state index is 0. The average Bonchev–Trinajstić information content (AvgIpc) is 3.40. The van der Waals surface area contributed by atoms with Crippen molar-refractivity contribution in [1.29, 1.82) is 0 Å². The minimum Gasteiger partial charge on any atom is -0.496 e. The quantitative estimate of drug-likeness (QED) is 0.728. The summed E-state index contributed by atoms with van der Waals surface area (Å²) in [6, 6.07) is 15.6. The molecule has 2 aromatic rings. The molecule has 162 valence electrons. The average molecular weight is 450 g/mol. The van der Waals surface area contributed by atoms with Crippen molar-refractivity contribution >= 4 is 36.4 Å². The molecule has 1 saturated carbocycles. The molecule has 2 unspecified atom stereocenters. The van der Waals surface area contributed by atoms with E-state index in [0.717, 1.165) is 42.9 Å². The number of benzene rings is 2. The van der Waals surface area contributed by atoms with Gasteiger partial charge in [-0.3, -0.25) is 4.79 Å². The van der Waals surface area contributed by atoms with E-state index in [1.165, 1.54) is 11.1 Å². The molecule has 0 aromatic heterocycles. The first kappa shape index (κ1) is 22.9. The Hall–Kier alpha value is -1.79. The third-order valence-electron chi connectivity index (χ3n) is 6.56. The van der Waals surface area contributed by atoms with E-state index in [4.69, 9.17) is 4.74 Å². The van der Waals surface area contributed by atoms with Gasteiger partial charge < -0.3 is 20.3 Å². The van der Waals surface area contributed by atoms with Gasteiger partial charge in [0.1, 0.15) is 5.75 Å². The molecule has 2 fully saturated rings. The summed E-state index contributed by atoms with van der Waals surface area (Å²) in [6.07, 6.45) is 2.07. The fourth-order valence-electron chi connectivity index (χ4n) is 4.90. The normalized spacial score (nSPS) is 26.2. The molecular weight excluding hydrogens is 421 g/mol. The van der Waals surface area contributed by atoms with Gasteiger partial charge in [-0.15, -0.1) is 24.8 Å². The predicted octanol–water partition coefficient (Wildman–Crippen LogP) is 3.81. The lowest BCUT2D eigenvalue weighted by molar-refractivity contribution is -0.119. The molecule has 1 amide bonds. The highest BCUT2D eigenvalue weighted by Crippen LogP contribution is 2.56. The Morgan fingerprint density at radius 3 is 2.67 bits per heavy atom. The van der Waals surface area contributed by atoms with Crippen LogP contribution in [0.5, 0.6) is 5.75 Å². The molecule has 4 atom stereocenters. The topological polar surface area (TPSA) is 53.6 Å². The molecule has 1 aliphatic carbocycles. The van der Waals surface area contributed by atoms with Gasteiger partial charge in [-0.25, -0.2) is 0 Å². The zero-order chi connectivity index (χ0) is 19.3. The Kier molecular flexibility index (Phi) is 6.98. The van der Waals surface area contributed by atoms with Gasteiger partial charge in [0.2, 0.25) is 5.91 Å². The first-order chi connectivity index (χ1) is 13.7. The van der Waals surface area contributed by atoms with Crippen LogP contribution in [0.15, 0.2) is 42.5 Å². The number of rotatable bonds is 5. The van der Waals surface area contributed by atoms with Crippen molar-refractivity contribution in [2.24, 2.45) is 5.92 Å². The van der Waals surface area contributed by atoms with E-state index in [1.807, 2.05) is 11.9 Å². The summed E-state index contributed by atoms with van der Waals surface area (Å²) in [4.78, 5) is 14.3. The fraction of sp³-hybridized carbons (Fsp3) is 0.435. The number of nitrogens with one attached hydrogen (secondary N) is 2. The minimum absolute atomic E-state index is 0. The van der Waals surface area contributed by atoms with Crippen molar-refractivity contribution in [3.63, 3.8) is 0 Å². The number of carbonyl (C=O) groups is 1. The Balaban J connectivity index is 0.00000128. The lowest BCUT2D eigenvalue weighted by Crippen LogP contribution is -2.34. The number of hydrogen-bond donors (Lipinski definition) is 2. The monoisotopic (exact) mass is 449 g/mol. The summed E-state index contributed by atoms with van der Waals surface area (Å²) in [5.74, 6) is 1.74. The zero-order valence-electron chi connectivity index (χ0n) is 17.3. The largest absolute Gasteiger partial charge is 0.496 e. The van der Waals surface area contributed by atoms with Crippen molar-refractivity contribution in [2.45, 2.75) is 37.4 Å². The van der Waals surface area contributed by atoms with Crippen LogP contribution in [0.25, 0.3) is 0 Å². The second-order valence-corrected chi connectivity index (χ2v) is 8.19. The molecule has 0 bridgehead atoms. The van der Waals surface area contributed by atoms with E-state index in [-0.39, 0.29) is 36.6 Å². The molecule has 3 aliphatic rings. The Morgan fingerprint density at radius 1 is 1.17 bits per heavy atom. The summed E-state index contributed by atoms with van der Waals surface area (Å²) in [6.45, 7) is 1.74. The van der Waals surface area contributed by atoms with Crippen molar-refractivity contribution in [3.05, 3.63) is 59.2 Å². The van der Waals surface area contributed by atoms with E-state index in [1.54, 1.807) is 7.11 Å². The number of amides is 1. The number of ether oxygens (including phenoxy) is 1. The highest BCUT2D eigenvalue weighted by molar-refractivity contribution is 6.01. The number of methoxy groups -OCH3 is 1. The van der Waals surface area contributed by atoms with E-state index < -0.39 is 0 Å². The van der Waals surface area contributed by atoms with Crippen LogP contribution >= 0.6 is 24.8 Å². The van der Waals surface area contributed by atoms with Crippen LogP contribution < -0.4 is 20.3 Å². The van der Waals surface area contributed by atoms with Crippen LogP contribution in [0.2, 0.25) is 0 Å². The van der Waals surface area contributed by atoms with Crippen molar-refractivity contribution in [3.8, 4) is 5.75 Å². The maximum atomic E-state index is 12.4. The van der Waals surface area contributed by atoms with Gasteiger partial charge in [0.15, 0.2) is 0 Å². The third kappa shape index (κ3) is 3.92.